The van der Waals surface area contributed by atoms with Crippen LogP contribution in [0.5, 0.6) is 0 Å². The molecule has 0 fully saturated rings. The van der Waals surface area contributed by atoms with E-state index in [1.54, 1.807) is 24.9 Å². The Kier molecular flexibility index (Phi) is 3.22. The second kappa shape index (κ2) is 5.18. The van der Waals surface area contributed by atoms with Crippen molar-refractivity contribution in [3.05, 3.63) is 48.7 Å². The number of imidazole rings is 1. The predicted octanol–water partition coefficient (Wildman–Crippen LogP) is 1.66. The molecular formula is C14H14N4O2. The highest BCUT2D eigenvalue weighted by Crippen LogP contribution is 2.20. The van der Waals surface area contributed by atoms with Crippen LogP contribution < -0.4 is 11.1 Å². The highest BCUT2D eigenvalue weighted by Gasteiger charge is 2.15. The number of nitrogens with zero attached hydrogens (tertiary/aromatic N) is 1. The summed E-state index contributed by atoms with van der Waals surface area (Å²) in [6, 6.07) is 6.66. The summed E-state index contributed by atoms with van der Waals surface area (Å²) in [7, 11) is 0. The Balaban J connectivity index is 1.68. The van der Waals surface area contributed by atoms with Crippen LogP contribution in [0.15, 0.2) is 47.5 Å². The minimum absolute atomic E-state index is 0.234. The summed E-state index contributed by atoms with van der Waals surface area (Å²) in [5, 5.41) is 3.73. The lowest BCUT2D eigenvalue weighted by Gasteiger charge is -2.11. The molecule has 0 unspecified atom stereocenters. The molecule has 6 heteroatoms. The molecule has 0 aliphatic heterocycles. The van der Waals surface area contributed by atoms with Gasteiger partial charge in [-0.15, -0.1) is 0 Å². The van der Waals surface area contributed by atoms with Gasteiger partial charge in [0.2, 0.25) is 5.91 Å². The number of benzene rings is 1. The van der Waals surface area contributed by atoms with Gasteiger partial charge in [-0.3, -0.25) is 4.79 Å². The minimum atomic E-state index is -0.629. The lowest BCUT2D eigenvalue weighted by atomic mass is 10.1. The molecule has 0 saturated heterocycles. The van der Waals surface area contributed by atoms with Gasteiger partial charge in [-0.25, -0.2) is 4.98 Å². The van der Waals surface area contributed by atoms with Crippen LogP contribution >= 0.6 is 0 Å². The zero-order valence-electron chi connectivity index (χ0n) is 10.7. The molecule has 0 saturated carbocycles. The number of furan rings is 1. The first kappa shape index (κ1) is 12.4. The zero-order valence-corrected chi connectivity index (χ0v) is 10.7. The van der Waals surface area contributed by atoms with Crippen molar-refractivity contribution < 1.29 is 9.21 Å². The first-order valence-electron chi connectivity index (χ1n) is 6.23. The third-order valence-corrected chi connectivity index (χ3v) is 3.05. The van der Waals surface area contributed by atoms with Crippen LogP contribution in [-0.4, -0.2) is 21.9 Å². The van der Waals surface area contributed by atoms with Gasteiger partial charge in [0.25, 0.3) is 0 Å². The van der Waals surface area contributed by atoms with Gasteiger partial charge in [0.1, 0.15) is 5.58 Å². The van der Waals surface area contributed by atoms with Crippen molar-refractivity contribution in [2.45, 2.75) is 12.5 Å². The quantitative estimate of drug-likeness (QED) is 0.671. The number of hydrogen-bond acceptors (Lipinski definition) is 4. The summed E-state index contributed by atoms with van der Waals surface area (Å²) in [6.45, 7) is 0. The number of H-pyrrole nitrogens is 1. The van der Waals surface area contributed by atoms with Crippen molar-refractivity contribution in [1.29, 1.82) is 0 Å². The molecule has 0 aliphatic carbocycles. The third kappa shape index (κ3) is 2.55. The fraction of sp³-hybridized carbons (Fsp3) is 0.143. The molecule has 1 amide bonds. The van der Waals surface area contributed by atoms with Gasteiger partial charge in [-0.05, 0) is 24.3 Å². The lowest BCUT2D eigenvalue weighted by molar-refractivity contribution is -0.117. The number of carbonyl (C=O) groups excluding carboxylic acids is 1. The van der Waals surface area contributed by atoms with Crippen LogP contribution in [-0.2, 0) is 11.2 Å². The highest BCUT2D eigenvalue weighted by molar-refractivity contribution is 5.96. The van der Waals surface area contributed by atoms with Gasteiger partial charge < -0.3 is 20.5 Å². The molecule has 20 heavy (non-hydrogen) atoms. The highest BCUT2D eigenvalue weighted by atomic mass is 16.3. The standard InChI is InChI=1S/C14H14N4O2/c15-12(6-11-7-16-8-17-11)14(19)18-10-1-2-13-9(5-10)3-4-20-13/h1-5,7-8,12H,6,15H2,(H,16,17)(H,18,19)/t12-/m0/s1. The number of aromatic amines is 1. The van der Waals surface area contributed by atoms with Crippen molar-refractivity contribution in [2.75, 3.05) is 5.32 Å². The number of amides is 1. The maximum absolute atomic E-state index is 12.0. The second-order valence-electron chi connectivity index (χ2n) is 4.55. The van der Waals surface area contributed by atoms with Crippen molar-refractivity contribution >= 4 is 22.6 Å². The van der Waals surface area contributed by atoms with Gasteiger partial charge in [-0.1, -0.05) is 0 Å². The van der Waals surface area contributed by atoms with Crippen LogP contribution in [0.1, 0.15) is 5.69 Å². The Morgan fingerprint density at radius 3 is 3.15 bits per heavy atom. The van der Waals surface area contributed by atoms with E-state index >= 15 is 0 Å². The topological polar surface area (TPSA) is 96.9 Å². The smallest absolute Gasteiger partial charge is 0.241 e. The maximum atomic E-state index is 12.0. The number of carbonyl (C=O) groups is 1. The predicted molar refractivity (Wildman–Crippen MR) is 75.1 cm³/mol. The van der Waals surface area contributed by atoms with Crippen LogP contribution in [0, 0.1) is 0 Å². The number of anilines is 1. The second-order valence-corrected chi connectivity index (χ2v) is 4.55. The summed E-state index contributed by atoms with van der Waals surface area (Å²) >= 11 is 0. The van der Waals surface area contributed by atoms with Gasteiger partial charge in [0.15, 0.2) is 0 Å². The molecule has 0 spiro atoms. The van der Waals surface area contributed by atoms with Gasteiger partial charge in [0.05, 0.1) is 18.6 Å². The molecule has 0 bridgehead atoms. The number of rotatable bonds is 4. The van der Waals surface area contributed by atoms with E-state index in [1.165, 1.54) is 0 Å². The van der Waals surface area contributed by atoms with Crippen molar-refractivity contribution in [1.82, 2.24) is 9.97 Å². The number of nitrogens with one attached hydrogen (secondary N) is 2. The summed E-state index contributed by atoms with van der Waals surface area (Å²) in [5.74, 6) is -0.234. The van der Waals surface area contributed by atoms with Crippen LogP contribution in [0.25, 0.3) is 11.0 Å². The van der Waals surface area contributed by atoms with Gasteiger partial charge >= 0.3 is 0 Å². The van der Waals surface area contributed by atoms with Crippen molar-refractivity contribution in [3.8, 4) is 0 Å². The molecule has 2 heterocycles. The van der Waals surface area contributed by atoms with E-state index in [0.29, 0.717) is 12.1 Å². The van der Waals surface area contributed by atoms with E-state index in [2.05, 4.69) is 15.3 Å². The SMILES string of the molecule is N[C@@H](Cc1cnc[nH]1)C(=O)Nc1ccc2occc2c1. The monoisotopic (exact) mass is 270 g/mol. The van der Waals surface area contributed by atoms with Crippen LogP contribution in [0.4, 0.5) is 5.69 Å². The summed E-state index contributed by atoms with van der Waals surface area (Å²) < 4.78 is 5.25. The Morgan fingerprint density at radius 1 is 1.45 bits per heavy atom. The molecule has 6 nitrogen and oxygen atoms in total. The van der Waals surface area contributed by atoms with E-state index in [1.807, 2.05) is 18.2 Å². The summed E-state index contributed by atoms with van der Waals surface area (Å²) in [6.07, 6.45) is 5.25. The molecule has 4 N–H and O–H groups in total. The fourth-order valence-corrected chi connectivity index (χ4v) is 2.01. The molecular weight excluding hydrogens is 256 g/mol. The van der Waals surface area contributed by atoms with E-state index in [-0.39, 0.29) is 5.91 Å². The molecule has 3 rings (SSSR count). The van der Waals surface area contributed by atoms with E-state index in [4.69, 9.17) is 10.2 Å². The normalized spacial score (nSPS) is 12.4. The van der Waals surface area contributed by atoms with E-state index < -0.39 is 6.04 Å². The zero-order chi connectivity index (χ0) is 13.9. The van der Waals surface area contributed by atoms with E-state index in [9.17, 15) is 4.79 Å². The summed E-state index contributed by atoms with van der Waals surface area (Å²) in [4.78, 5) is 18.8. The molecule has 1 atom stereocenters. The summed E-state index contributed by atoms with van der Waals surface area (Å²) in [5.41, 5.74) is 8.18. The number of nitrogens with two attached hydrogens (primary N) is 1. The van der Waals surface area contributed by atoms with Crippen LogP contribution in [0.3, 0.4) is 0 Å². The first-order chi connectivity index (χ1) is 9.72. The molecule has 1 aromatic carbocycles. The Hall–Kier alpha value is -2.60. The minimum Gasteiger partial charge on any atom is -0.464 e. The number of aromatic nitrogens is 2. The van der Waals surface area contributed by atoms with Gasteiger partial charge in [-0.2, -0.15) is 0 Å². The molecule has 0 aliphatic rings. The number of hydrogen-bond donors (Lipinski definition) is 3. The first-order valence-corrected chi connectivity index (χ1v) is 6.23. The molecule has 0 radical (unpaired) electrons. The maximum Gasteiger partial charge on any atom is 0.241 e. The Morgan fingerprint density at radius 2 is 2.35 bits per heavy atom. The lowest BCUT2D eigenvalue weighted by Crippen LogP contribution is -2.37. The van der Waals surface area contributed by atoms with Gasteiger partial charge in [0, 0.05) is 29.4 Å². The fourth-order valence-electron chi connectivity index (χ4n) is 2.01. The average Bonchev–Trinajstić information content (AvgIpc) is 3.08. The van der Waals surface area contributed by atoms with Crippen molar-refractivity contribution in [3.63, 3.8) is 0 Å². The van der Waals surface area contributed by atoms with Crippen LogP contribution in [0.2, 0.25) is 0 Å². The van der Waals surface area contributed by atoms with E-state index in [0.717, 1.165) is 16.7 Å². The molecule has 102 valence electrons. The molecule has 2 aromatic heterocycles. The molecule has 3 aromatic rings. The largest absolute Gasteiger partial charge is 0.464 e. The number of fused-ring (bicyclic) bond motifs is 1. The third-order valence-electron chi connectivity index (χ3n) is 3.05. The van der Waals surface area contributed by atoms with Crippen molar-refractivity contribution in [2.24, 2.45) is 5.73 Å². The Labute approximate surface area is 115 Å². The average molecular weight is 270 g/mol. The Bertz CT molecular complexity index is 718.